The number of anilines is 1. The van der Waals surface area contributed by atoms with Crippen LogP contribution in [0.4, 0.5) is 5.13 Å². The quantitative estimate of drug-likeness (QED) is 0.602. The summed E-state index contributed by atoms with van der Waals surface area (Å²) in [6.07, 6.45) is 2.89. The molecule has 0 radical (unpaired) electrons. The van der Waals surface area contributed by atoms with Crippen LogP contribution >= 0.6 is 11.3 Å². The number of carbonyl (C=O) groups is 2. The van der Waals surface area contributed by atoms with Crippen molar-refractivity contribution in [2.45, 2.75) is 25.7 Å². The molecule has 0 bridgehead atoms. The summed E-state index contributed by atoms with van der Waals surface area (Å²) in [6.45, 7) is 0. The van der Waals surface area contributed by atoms with E-state index in [1.165, 1.54) is 11.3 Å². The van der Waals surface area contributed by atoms with E-state index in [2.05, 4.69) is 5.32 Å². The second-order valence-corrected chi connectivity index (χ2v) is 8.25. The lowest BCUT2D eigenvalue weighted by Gasteiger charge is -2.26. The van der Waals surface area contributed by atoms with Crippen LogP contribution in [0.15, 0.2) is 60.7 Å². The Morgan fingerprint density at radius 2 is 1.48 bits per heavy atom. The zero-order valence-corrected chi connectivity index (χ0v) is 16.7. The highest BCUT2D eigenvalue weighted by atomic mass is 32.1. The molecule has 0 unspecified atom stereocenters. The molecule has 4 rings (SSSR count). The van der Waals surface area contributed by atoms with Gasteiger partial charge in [-0.25, -0.2) is 4.98 Å². The van der Waals surface area contributed by atoms with Gasteiger partial charge in [0.15, 0.2) is 5.13 Å². The van der Waals surface area contributed by atoms with E-state index in [1.54, 1.807) is 0 Å². The molecule has 2 atom stereocenters. The average molecular weight is 407 g/mol. The number of carboxylic acids is 1. The number of aromatic nitrogens is 1. The van der Waals surface area contributed by atoms with Gasteiger partial charge in [0, 0.05) is 5.56 Å². The van der Waals surface area contributed by atoms with Crippen LogP contribution in [0.25, 0.3) is 21.7 Å². The molecule has 1 aliphatic rings. The van der Waals surface area contributed by atoms with E-state index >= 15 is 0 Å². The van der Waals surface area contributed by atoms with Crippen molar-refractivity contribution in [2.24, 2.45) is 11.8 Å². The van der Waals surface area contributed by atoms with Crippen LogP contribution in [0.2, 0.25) is 0 Å². The SMILES string of the molecule is O=C(O)[C@@H]1CCCC[C@H]1C(=O)Nc1nc(-c2ccccc2)c(-c2ccccc2)s1. The Hall–Kier alpha value is -2.99. The molecule has 1 fully saturated rings. The minimum atomic E-state index is -0.890. The van der Waals surface area contributed by atoms with Crippen molar-refractivity contribution < 1.29 is 14.7 Å². The lowest BCUT2D eigenvalue weighted by Crippen LogP contribution is -2.36. The number of rotatable bonds is 5. The molecular formula is C23H22N2O3S. The third-order valence-corrected chi connectivity index (χ3v) is 6.38. The van der Waals surface area contributed by atoms with Crippen LogP contribution in [0.1, 0.15) is 25.7 Å². The van der Waals surface area contributed by atoms with Gasteiger partial charge in [0.05, 0.1) is 22.4 Å². The summed E-state index contributed by atoms with van der Waals surface area (Å²) < 4.78 is 0. The molecule has 1 heterocycles. The average Bonchev–Trinajstić information content (AvgIpc) is 3.18. The Labute approximate surface area is 173 Å². The molecule has 3 aromatic rings. The predicted molar refractivity (Wildman–Crippen MR) is 115 cm³/mol. The third kappa shape index (κ3) is 4.22. The molecule has 0 aliphatic heterocycles. The summed E-state index contributed by atoms with van der Waals surface area (Å²) in [7, 11) is 0. The lowest BCUT2D eigenvalue weighted by molar-refractivity contribution is -0.147. The summed E-state index contributed by atoms with van der Waals surface area (Å²) in [4.78, 5) is 30.1. The lowest BCUT2D eigenvalue weighted by atomic mass is 9.79. The molecule has 5 nitrogen and oxygen atoms in total. The molecule has 6 heteroatoms. The Kier molecular flexibility index (Phi) is 5.71. The Morgan fingerprint density at radius 3 is 2.10 bits per heavy atom. The number of hydrogen-bond acceptors (Lipinski definition) is 4. The largest absolute Gasteiger partial charge is 0.481 e. The van der Waals surface area contributed by atoms with Gasteiger partial charge in [-0.15, -0.1) is 0 Å². The number of aliphatic carboxylic acids is 1. The fraction of sp³-hybridized carbons (Fsp3) is 0.261. The van der Waals surface area contributed by atoms with Crippen LogP contribution in [0, 0.1) is 11.8 Å². The van der Waals surface area contributed by atoms with E-state index in [0.717, 1.165) is 34.5 Å². The number of carboxylic acid groups (broad SMARTS) is 1. The second-order valence-electron chi connectivity index (χ2n) is 7.25. The van der Waals surface area contributed by atoms with Gasteiger partial charge in [0.25, 0.3) is 0 Å². The number of nitrogens with zero attached hydrogens (tertiary/aromatic N) is 1. The van der Waals surface area contributed by atoms with E-state index in [9.17, 15) is 14.7 Å². The Morgan fingerprint density at radius 1 is 0.897 bits per heavy atom. The zero-order valence-electron chi connectivity index (χ0n) is 15.9. The van der Waals surface area contributed by atoms with E-state index in [0.29, 0.717) is 18.0 Å². The van der Waals surface area contributed by atoms with Crippen LogP contribution in [-0.4, -0.2) is 22.0 Å². The first kappa shape index (κ1) is 19.3. The topological polar surface area (TPSA) is 79.3 Å². The number of carbonyl (C=O) groups excluding carboxylic acids is 1. The van der Waals surface area contributed by atoms with Gasteiger partial charge in [-0.3, -0.25) is 9.59 Å². The van der Waals surface area contributed by atoms with E-state index in [1.807, 2.05) is 60.7 Å². The maximum atomic E-state index is 12.9. The van der Waals surface area contributed by atoms with Gasteiger partial charge in [-0.05, 0) is 18.4 Å². The normalized spacial score (nSPS) is 18.9. The molecule has 0 saturated heterocycles. The first-order chi connectivity index (χ1) is 14.1. The number of hydrogen-bond donors (Lipinski definition) is 2. The molecule has 1 saturated carbocycles. The van der Waals surface area contributed by atoms with Gasteiger partial charge in [0.1, 0.15) is 0 Å². The second kappa shape index (κ2) is 8.57. The number of thiazole rings is 1. The summed E-state index contributed by atoms with van der Waals surface area (Å²) in [5.74, 6) is -2.26. The van der Waals surface area contributed by atoms with E-state index < -0.39 is 17.8 Å². The zero-order chi connectivity index (χ0) is 20.2. The molecule has 2 N–H and O–H groups in total. The smallest absolute Gasteiger partial charge is 0.307 e. The monoisotopic (exact) mass is 406 g/mol. The minimum absolute atomic E-state index is 0.245. The van der Waals surface area contributed by atoms with Crippen LogP contribution in [-0.2, 0) is 9.59 Å². The van der Waals surface area contributed by atoms with Crippen molar-refractivity contribution >= 4 is 28.3 Å². The summed E-state index contributed by atoms with van der Waals surface area (Å²) in [5.41, 5.74) is 2.82. The van der Waals surface area contributed by atoms with Crippen molar-refractivity contribution in [2.75, 3.05) is 5.32 Å². The van der Waals surface area contributed by atoms with Crippen LogP contribution < -0.4 is 5.32 Å². The van der Waals surface area contributed by atoms with Crippen molar-refractivity contribution in [1.82, 2.24) is 4.98 Å². The van der Waals surface area contributed by atoms with Crippen molar-refractivity contribution in [3.63, 3.8) is 0 Å². The van der Waals surface area contributed by atoms with Gasteiger partial charge in [-0.2, -0.15) is 0 Å². The van der Waals surface area contributed by atoms with Gasteiger partial charge >= 0.3 is 5.97 Å². The summed E-state index contributed by atoms with van der Waals surface area (Å²) in [6, 6.07) is 19.8. The Balaban J connectivity index is 1.65. The first-order valence-corrected chi connectivity index (χ1v) is 10.6. The third-order valence-electron chi connectivity index (χ3n) is 5.36. The molecular weight excluding hydrogens is 384 g/mol. The minimum Gasteiger partial charge on any atom is -0.481 e. The fourth-order valence-electron chi connectivity index (χ4n) is 3.89. The predicted octanol–water partition coefficient (Wildman–Crippen LogP) is 5.31. The highest BCUT2D eigenvalue weighted by Gasteiger charge is 2.36. The maximum absolute atomic E-state index is 12.9. The van der Waals surface area contributed by atoms with Crippen molar-refractivity contribution in [3.05, 3.63) is 60.7 Å². The molecule has 148 valence electrons. The molecule has 0 spiro atoms. The maximum Gasteiger partial charge on any atom is 0.307 e. The molecule has 2 aromatic carbocycles. The van der Waals surface area contributed by atoms with Gasteiger partial charge < -0.3 is 10.4 Å². The van der Waals surface area contributed by atoms with Crippen molar-refractivity contribution in [3.8, 4) is 21.7 Å². The van der Waals surface area contributed by atoms with Crippen LogP contribution in [0.3, 0.4) is 0 Å². The number of benzene rings is 2. The Bertz CT molecular complexity index is 944. The summed E-state index contributed by atoms with van der Waals surface area (Å²) in [5, 5.41) is 12.9. The highest BCUT2D eigenvalue weighted by Crippen LogP contribution is 2.39. The highest BCUT2D eigenvalue weighted by molar-refractivity contribution is 7.19. The standard InChI is InChI=1S/C23H22N2O3S/c26-21(17-13-7-8-14-18(17)22(27)28)25-23-24-19(15-9-3-1-4-10-15)20(29-23)16-11-5-2-6-12-16/h1-6,9-12,17-18H,7-8,13-14H2,(H,27,28)(H,24,25,26)/t17-,18-/m1/s1. The fourth-order valence-corrected chi connectivity index (χ4v) is 4.88. The molecule has 1 aliphatic carbocycles. The van der Waals surface area contributed by atoms with Gasteiger partial charge in [-0.1, -0.05) is 84.8 Å². The molecule has 1 aromatic heterocycles. The van der Waals surface area contributed by atoms with Crippen LogP contribution in [0.5, 0.6) is 0 Å². The number of nitrogens with one attached hydrogen (secondary N) is 1. The first-order valence-electron chi connectivity index (χ1n) is 9.79. The molecule has 1 amide bonds. The summed E-state index contributed by atoms with van der Waals surface area (Å²) >= 11 is 1.42. The van der Waals surface area contributed by atoms with E-state index in [4.69, 9.17) is 4.98 Å². The molecule has 29 heavy (non-hydrogen) atoms. The van der Waals surface area contributed by atoms with Crippen molar-refractivity contribution in [1.29, 1.82) is 0 Å². The van der Waals surface area contributed by atoms with Gasteiger partial charge in [0.2, 0.25) is 5.91 Å². The van der Waals surface area contributed by atoms with E-state index in [-0.39, 0.29) is 5.91 Å². The number of amides is 1.